The number of hydrogen-bond acceptors (Lipinski definition) is 3. The SMILES string of the molecule is CCCOCC(NC)c1ccc2ncccc2c1. The predicted octanol–water partition coefficient (Wildman–Crippen LogP) is 2.92. The van der Waals surface area contributed by atoms with Crippen LogP contribution < -0.4 is 5.32 Å². The van der Waals surface area contributed by atoms with Gasteiger partial charge in [0.15, 0.2) is 0 Å². The van der Waals surface area contributed by atoms with Crippen LogP contribution in [0.4, 0.5) is 0 Å². The van der Waals surface area contributed by atoms with E-state index < -0.39 is 0 Å². The largest absolute Gasteiger partial charge is 0.379 e. The molecule has 3 nitrogen and oxygen atoms in total. The fourth-order valence-corrected chi connectivity index (χ4v) is 2.00. The van der Waals surface area contributed by atoms with Crippen molar-refractivity contribution in [2.45, 2.75) is 19.4 Å². The van der Waals surface area contributed by atoms with Gasteiger partial charge in [-0.15, -0.1) is 0 Å². The second-order valence-electron chi connectivity index (χ2n) is 4.37. The molecule has 2 rings (SSSR count). The summed E-state index contributed by atoms with van der Waals surface area (Å²) < 4.78 is 5.62. The summed E-state index contributed by atoms with van der Waals surface area (Å²) in [6.07, 6.45) is 2.87. The molecule has 0 saturated heterocycles. The molecule has 2 aromatic rings. The highest BCUT2D eigenvalue weighted by molar-refractivity contribution is 5.79. The van der Waals surface area contributed by atoms with Crippen molar-refractivity contribution in [2.24, 2.45) is 0 Å². The Bertz CT molecular complexity index is 499. The topological polar surface area (TPSA) is 34.1 Å². The molecule has 1 unspecified atom stereocenters. The molecule has 0 fully saturated rings. The number of aromatic nitrogens is 1. The molecule has 3 heteroatoms. The lowest BCUT2D eigenvalue weighted by Gasteiger charge is -2.17. The molecule has 1 heterocycles. The standard InChI is InChI=1S/C15H20N2O/c1-3-9-18-11-15(16-2)13-6-7-14-12(10-13)5-4-8-17-14/h4-8,10,15-16H,3,9,11H2,1-2H3. The predicted molar refractivity (Wildman–Crippen MR) is 74.7 cm³/mol. The number of nitrogens with one attached hydrogen (secondary N) is 1. The number of pyridine rings is 1. The Labute approximate surface area is 108 Å². The van der Waals surface area contributed by atoms with E-state index in [1.807, 2.05) is 19.3 Å². The van der Waals surface area contributed by atoms with Crippen molar-refractivity contribution in [1.82, 2.24) is 10.3 Å². The number of ether oxygens (including phenoxy) is 1. The Morgan fingerprint density at radius 1 is 1.33 bits per heavy atom. The average Bonchev–Trinajstić information content (AvgIpc) is 2.43. The highest BCUT2D eigenvalue weighted by Gasteiger charge is 2.09. The van der Waals surface area contributed by atoms with E-state index >= 15 is 0 Å². The summed E-state index contributed by atoms with van der Waals surface area (Å²) in [6, 6.07) is 10.7. The Morgan fingerprint density at radius 2 is 2.22 bits per heavy atom. The minimum absolute atomic E-state index is 0.237. The molecule has 0 radical (unpaired) electrons. The van der Waals surface area contributed by atoms with E-state index in [0.29, 0.717) is 6.61 Å². The van der Waals surface area contributed by atoms with Gasteiger partial charge >= 0.3 is 0 Å². The van der Waals surface area contributed by atoms with Crippen molar-refractivity contribution >= 4 is 10.9 Å². The van der Waals surface area contributed by atoms with Crippen LogP contribution in [0.2, 0.25) is 0 Å². The van der Waals surface area contributed by atoms with Crippen LogP contribution >= 0.6 is 0 Å². The van der Waals surface area contributed by atoms with E-state index in [0.717, 1.165) is 18.5 Å². The molecule has 0 aliphatic carbocycles. The van der Waals surface area contributed by atoms with Crippen LogP contribution in [0, 0.1) is 0 Å². The van der Waals surface area contributed by atoms with Crippen molar-refractivity contribution < 1.29 is 4.74 Å². The smallest absolute Gasteiger partial charge is 0.0702 e. The molecule has 1 aromatic carbocycles. The van der Waals surface area contributed by atoms with E-state index in [-0.39, 0.29) is 6.04 Å². The van der Waals surface area contributed by atoms with Crippen molar-refractivity contribution in [3.05, 3.63) is 42.1 Å². The van der Waals surface area contributed by atoms with Gasteiger partial charge in [0.25, 0.3) is 0 Å². The summed E-state index contributed by atoms with van der Waals surface area (Å²) in [5, 5.41) is 4.47. The lowest BCUT2D eigenvalue weighted by molar-refractivity contribution is 0.114. The summed E-state index contributed by atoms with van der Waals surface area (Å²) in [7, 11) is 1.97. The summed E-state index contributed by atoms with van der Waals surface area (Å²) >= 11 is 0. The summed E-state index contributed by atoms with van der Waals surface area (Å²) in [6.45, 7) is 3.64. The van der Waals surface area contributed by atoms with Gasteiger partial charge < -0.3 is 10.1 Å². The molecule has 0 aliphatic heterocycles. The molecule has 1 aromatic heterocycles. The fourth-order valence-electron chi connectivity index (χ4n) is 2.00. The first-order valence-corrected chi connectivity index (χ1v) is 6.45. The third kappa shape index (κ3) is 3.06. The second kappa shape index (κ2) is 6.47. The Morgan fingerprint density at radius 3 is 3.00 bits per heavy atom. The maximum absolute atomic E-state index is 5.62. The van der Waals surface area contributed by atoms with Gasteiger partial charge in [0.1, 0.15) is 0 Å². The van der Waals surface area contributed by atoms with Gasteiger partial charge in [-0.3, -0.25) is 4.98 Å². The molecule has 0 saturated carbocycles. The number of benzene rings is 1. The summed E-state index contributed by atoms with van der Waals surface area (Å²) in [4.78, 5) is 4.33. The van der Waals surface area contributed by atoms with Crippen LogP contribution in [-0.4, -0.2) is 25.2 Å². The van der Waals surface area contributed by atoms with Gasteiger partial charge in [-0.05, 0) is 37.2 Å². The van der Waals surface area contributed by atoms with E-state index in [9.17, 15) is 0 Å². The zero-order valence-corrected chi connectivity index (χ0v) is 11.0. The van der Waals surface area contributed by atoms with Gasteiger partial charge in [0.05, 0.1) is 18.2 Å². The highest BCUT2D eigenvalue weighted by Crippen LogP contribution is 2.19. The van der Waals surface area contributed by atoms with Crippen molar-refractivity contribution in [1.29, 1.82) is 0 Å². The lowest BCUT2D eigenvalue weighted by Crippen LogP contribution is -2.22. The molecular weight excluding hydrogens is 224 g/mol. The van der Waals surface area contributed by atoms with Crippen LogP contribution in [-0.2, 0) is 4.74 Å². The zero-order chi connectivity index (χ0) is 12.8. The first-order chi connectivity index (χ1) is 8.85. The third-order valence-electron chi connectivity index (χ3n) is 3.01. The third-order valence-corrected chi connectivity index (χ3v) is 3.01. The number of hydrogen-bond donors (Lipinski definition) is 1. The molecule has 1 N–H and O–H groups in total. The molecule has 0 spiro atoms. The van der Waals surface area contributed by atoms with E-state index in [1.165, 1.54) is 10.9 Å². The lowest BCUT2D eigenvalue weighted by atomic mass is 10.0. The van der Waals surface area contributed by atoms with Gasteiger partial charge in [0.2, 0.25) is 0 Å². The fraction of sp³-hybridized carbons (Fsp3) is 0.400. The van der Waals surface area contributed by atoms with Gasteiger partial charge in [-0.1, -0.05) is 19.1 Å². The molecule has 96 valence electrons. The molecule has 0 bridgehead atoms. The second-order valence-corrected chi connectivity index (χ2v) is 4.37. The minimum Gasteiger partial charge on any atom is -0.379 e. The van der Waals surface area contributed by atoms with Crippen LogP contribution in [0.1, 0.15) is 24.9 Å². The van der Waals surface area contributed by atoms with E-state index in [2.05, 4.69) is 41.5 Å². The van der Waals surface area contributed by atoms with Crippen molar-refractivity contribution in [2.75, 3.05) is 20.3 Å². The maximum atomic E-state index is 5.62. The first kappa shape index (κ1) is 13.0. The van der Waals surface area contributed by atoms with E-state index in [4.69, 9.17) is 4.74 Å². The first-order valence-electron chi connectivity index (χ1n) is 6.45. The summed E-state index contributed by atoms with van der Waals surface area (Å²) in [5.41, 5.74) is 2.28. The molecule has 0 aliphatic rings. The summed E-state index contributed by atoms with van der Waals surface area (Å²) in [5.74, 6) is 0. The zero-order valence-electron chi connectivity index (χ0n) is 11.0. The average molecular weight is 244 g/mol. The monoisotopic (exact) mass is 244 g/mol. The Kier molecular flexibility index (Phi) is 4.67. The highest BCUT2D eigenvalue weighted by atomic mass is 16.5. The molecule has 18 heavy (non-hydrogen) atoms. The van der Waals surface area contributed by atoms with Crippen LogP contribution in [0.15, 0.2) is 36.5 Å². The van der Waals surface area contributed by atoms with Crippen molar-refractivity contribution in [3.8, 4) is 0 Å². The van der Waals surface area contributed by atoms with E-state index in [1.54, 1.807) is 0 Å². The number of nitrogens with zero attached hydrogens (tertiary/aromatic N) is 1. The number of rotatable bonds is 6. The minimum atomic E-state index is 0.237. The van der Waals surface area contributed by atoms with Crippen LogP contribution in [0.3, 0.4) is 0 Å². The van der Waals surface area contributed by atoms with Gasteiger partial charge in [-0.25, -0.2) is 0 Å². The molecular formula is C15H20N2O. The molecule has 1 atom stereocenters. The normalized spacial score (nSPS) is 12.8. The van der Waals surface area contributed by atoms with Crippen LogP contribution in [0.25, 0.3) is 10.9 Å². The maximum Gasteiger partial charge on any atom is 0.0702 e. The quantitative estimate of drug-likeness (QED) is 0.793. The Balaban J connectivity index is 2.17. The van der Waals surface area contributed by atoms with Crippen molar-refractivity contribution in [3.63, 3.8) is 0 Å². The molecule has 0 amide bonds. The Hall–Kier alpha value is -1.45. The number of fused-ring (bicyclic) bond motifs is 1. The number of likely N-dealkylation sites (N-methyl/N-ethyl adjacent to an activating group) is 1. The van der Waals surface area contributed by atoms with Gasteiger partial charge in [-0.2, -0.15) is 0 Å². The van der Waals surface area contributed by atoms with Gasteiger partial charge in [0, 0.05) is 18.2 Å². The van der Waals surface area contributed by atoms with Crippen LogP contribution in [0.5, 0.6) is 0 Å².